The van der Waals surface area contributed by atoms with Gasteiger partial charge in [0.05, 0.1) is 9.13 Å². The fourth-order valence-corrected chi connectivity index (χ4v) is 2.17. The number of benzene rings is 1. The number of nitrogens with zero attached hydrogens (tertiary/aromatic N) is 2. The summed E-state index contributed by atoms with van der Waals surface area (Å²) >= 11 is 2.08. The number of halogens is 1. The zero-order valence-corrected chi connectivity index (χ0v) is 13.8. The van der Waals surface area contributed by atoms with Crippen molar-refractivity contribution in [2.45, 2.75) is 26.9 Å². The van der Waals surface area contributed by atoms with E-state index in [-0.39, 0.29) is 12.2 Å². The average Bonchev–Trinajstić information content (AvgIpc) is 2.84. The summed E-state index contributed by atoms with van der Waals surface area (Å²) in [7, 11) is 0. The van der Waals surface area contributed by atoms with Crippen molar-refractivity contribution in [3.8, 4) is 5.75 Å². The highest BCUT2D eigenvalue weighted by Gasteiger charge is 2.11. The van der Waals surface area contributed by atoms with Crippen LogP contribution in [0.5, 0.6) is 5.75 Å². The number of carboxylic acids is 1. The Morgan fingerprint density at radius 1 is 1.48 bits per heavy atom. The Balaban J connectivity index is 2.04. The molecule has 1 N–H and O–H groups in total. The number of carbonyl (C=O) groups is 1. The lowest BCUT2D eigenvalue weighted by Gasteiger charge is -2.06. The molecule has 0 spiro atoms. The van der Waals surface area contributed by atoms with E-state index in [1.54, 1.807) is 6.07 Å². The minimum absolute atomic E-state index is 0.115. The van der Waals surface area contributed by atoms with E-state index >= 15 is 0 Å². The lowest BCUT2D eigenvalue weighted by Crippen LogP contribution is -2.02. The van der Waals surface area contributed by atoms with Crippen LogP contribution in [0, 0.1) is 9.49 Å². The molecular formula is C14H15IN2O4. The molecule has 6 nitrogen and oxygen atoms in total. The fraction of sp³-hybridized carbons (Fsp3) is 0.357. The molecule has 112 valence electrons. The summed E-state index contributed by atoms with van der Waals surface area (Å²) in [5, 5.41) is 12.8. The Morgan fingerprint density at radius 3 is 2.90 bits per heavy atom. The van der Waals surface area contributed by atoms with Gasteiger partial charge in [-0.1, -0.05) is 19.0 Å². The highest BCUT2D eigenvalue weighted by atomic mass is 127. The van der Waals surface area contributed by atoms with Crippen molar-refractivity contribution < 1.29 is 19.2 Å². The molecule has 0 bridgehead atoms. The van der Waals surface area contributed by atoms with Crippen molar-refractivity contribution in [1.29, 1.82) is 0 Å². The second-order valence-electron chi connectivity index (χ2n) is 4.94. The Hall–Kier alpha value is -1.64. The molecule has 0 aliphatic heterocycles. The number of hydrogen-bond donors (Lipinski definition) is 1. The molecule has 2 rings (SSSR count). The van der Waals surface area contributed by atoms with Crippen molar-refractivity contribution in [3.63, 3.8) is 0 Å². The van der Waals surface area contributed by atoms with E-state index in [2.05, 4.69) is 46.6 Å². The van der Waals surface area contributed by atoms with Gasteiger partial charge in [0.1, 0.15) is 5.75 Å². The standard InChI is InChI=1S/C14H15IN2O4/c1-8(2)5-12-16-13(21-17-12)7-20-11-6-9(14(18)19)3-4-10(11)15/h3-4,6,8H,5,7H2,1-2H3,(H,18,19). The first-order valence-electron chi connectivity index (χ1n) is 6.43. The van der Waals surface area contributed by atoms with Gasteiger partial charge >= 0.3 is 5.97 Å². The van der Waals surface area contributed by atoms with Gasteiger partial charge in [-0.3, -0.25) is 0 Å². The van der Waals surface area contributed by atoms with Gasteiger partial charge in [-0.25, -0.2) is 4.79 Å². The first-order chi connectivity index (χ1) is 9.95. The van der Waals surface area contributed by atoms with Crippen LogP contribution in [0.15, 0.2) is 22.7 Å². The van der Waals surface area contributed by atoms with E-state index in [4.69, 9.17) is 14.4 Å². The molecule has 0 amide bonds. The van der Waals surface area contributed by atoms with E-state index in [0.29, 0.717) is 23.4 Å². The van der Waals surface area contributed by atoms with Gasteiger partial charge in [0.2, 0.25) is 0 Å². The summed E-state index contributed by atoms with van der Waals surface area (Å²) in [6, 6.07) is 4.71. The number of hydrogen-bond acceptors (Lipinski definition) is 5. The quantitative estimate of drug-likeness (QED) is 0.748. The number of aromatic carboxylic acids is 1. The highest BCUT2D eigenvalue weighted by molar-refractivity contribution is 14.1. The Morgan fingerprint density at radius 2 is 2.24 bits per heavy atom. The van der Waals surface area contributed by atoms with Crippen molar-refractivity contribution in [2.24, 2.45) is 5.92 Å². The van der Waals surface area contributed by atoms with Crippen LogP contribution in [0.25, 0.3) is 0 Å². The molecule has 7 heteroatoms. The number of aromatic nitrogens is 2. The van der Waals surface area contributed by atoms with Gasteiger partial charge in [-0.2, -0.15) is 4.98 Å². The largest absolute Gasteiger partial charge is 0.483 e. The summed E-state index contributed by atoms with van der Waals surface area (Å²) in [4.78, 5) is 15.2. The van der Waals surface area contributed by atoms with Crippen LogP contribution in [0.1, 0.15) is 35.9 Å². The van der Waals surface area contributed by atoms with E-state index in [1.165, 1.54) is 12.1 Å². The maximum atomic E-state index is 10.9. The SMILES string of the molecule is CC(C)Cc1noc(COc2cc(C(=O)O)ccc2I)n1. The number of ether oxygens (including phenoxy) is 1. The van der Waals surface area contributed by atoms with Gasteiger partial charge in [0, 0.05) is 6.42 Å². The lowest BCUT2D eigenvalue weighted by molar-refractivity contribution is 0.0696. The third kappa shape index (κ3) is 4.42. The smallest absolute Gasteiger partial charge is 0.335 e. The summed E-state index contributed by atoms with van der Waals surface area (Å²) in [5.41, 5.74) is 0.177. The molecule has 0 fully saturated rings. The van der Waals surface area contributed by atoms with Gasteiger partial charge < -0.3 is 14.4 Å². The second kappa shape index (κ2) is 6.88. The molecule has 0 aliphatic rings. The predicted octanol–water partition coefficient (Wildman–Crippen LogP) is 3.15. The molecule has 0 aliphatic carbocycles. The normalized spacial score (nSPS) is 10.9. The minimum atomic E-state index is -0.992. The first kappa shape index (κ1) is 15.7. The Bertz CT molecular complexity index is 640. The van der Waals surface area contributed by atoms with Crippen LogP contribution in [0.3, 0.4) is 0 Å². The highest BCUT2D eigenvalue weighted by Crippen LogP contribution is 2.23. The minimum Gasteiger partial charge on any atom is -0.483 e. The van der Waals surface area contributed by atoms with Crippen LogP contribution < -0.4 is 4.74 Å². The molecule has 0 atom stereocenters. The molecule has 0 unspecified atom stereocenters. The van der Waals surface area contributed by atoms with Crippen molar-refractivity contribution in [2.75, 3.05) is 0 Å². The number of carboxylic acid groups (broad SMARTS) is 1. The first-order valence-corrected chi connectivity index (χ1v) is 7.50. The summed E-state index contributed by atoms with van der Waals surface area (Å²) in [6.07, 6.45) is 0.746. The van der Waals surface area contributed by atoms with E-state index in [0.717, 1.165) is 9.99 Å². The lowest BCUT2D eigenvalue weighted by atomic mass is 10.1. The summed E-state index contributed by atoms with van der Waals surface area (Å²) < 4.78 is 11.5. The second-order valence-corrected chi connectivity index (χ2v) is 6.10. The van der Waals surface area contributed by atoms with Gasteiger partial charge in [-0.05, 0) is 46.7 Å². The van der Waals surface area contributed by atoms with Gasteiger partial charge in [0.25, 0.3) is 5.89 Å². The van der Waals surface area contributed by atoms with Crippen molar-refractivity contribution in [1.82, 2.24) is 10.1 Å². The van der Waals surface area contributed by atoms with Crippen molar-refractivity contribution >= 4 is 28.6 Å². The zero-order valence-electron chi connectivity index (χ0n) is 11.7. The monoisotopic (exact) mass is 402 g/mol. The van der Waals surface area contributed by atoms with E-state index in [9.17, 15) is 4.79 Å². The molecule has 2 aromatic rings. The van der Waals surface area contributed by atoms with Crippen LogP contribution in [-0.2, 0) is 13.0 Å². The van der Waals surface area contributed by atoms with Crippen LogP contribution in [-0.4, -0.2) is 21.2 Å². The Kier molecular flexibility index (Phi) is 5.16. The molecule has 1 aromatic heterocycles. The fourth-order valence-electron chi connectivity index (χ4n) is 1.68. The van der Waals surface area contributed by atoms with E-state index in [1.807, 2.05) is 0 Å². The van der Waals surface area contributed by atoms with Gasteiger partial charge in [0.15, 0.2) is 12.4 Å². The predicted molar refractivity (Wildman–Crippen MR) is 83.3 cm³/mol. The molecule has 0 saturated carbocycles. The van der Waals surface area contributed by atoms with Crippen molar-refractivity contribution in [3.05, 3.63) is 39.0 Å². The molecular weight excluding hydrogens is 387 g/mol. The maximum absolute atomic E-state index is 10.9. The summed E-state index contributed by atoms with van der Waals surface area (Å²) in [6.45, 7) is 4.27. The average molecular weight is 402 g/mol. The van der Waals surface area contributed by atoms with Gasteiger partial charge in [-0.15, -0.1) is 0 Å². The number of rotatable bonds is 6. The van der Waals surface area contributed by atoms with Crippen LogP contribution >= 0.6 is 22.6 Å². The van der Waals surface area contributed by atoms with E-state index < -0.39 is 5.97 Å². The molecule has 1 heterocycles. The molecule has 1 aromatic carbocycles. The third-order valence-electron chi connectivity index (χ3n) is 2.63. The molecule has 0 radical (unpaired) electrons. The third-order valence-corrected chi connectivity index (χ3v) is 3.52. The van der Waals surface area contributed by atoms with Crippen LogP contribution in [0.2, 0.25) is 0 Å². The zero-order chi connectivity index (χ0) is 15.4. The molecule has 0 saturated heterocycles. The topological polar surface area (TPSA) is 85.5 Å². The summed E-state index contributed by atoms with van der Waals surface area (Å²) in [5.74, 6) is 0.969. The Labute approximate surface area is 135 Å². The molecule has 21 heavy (non-hydrogen) atoms. The maximum Gasteiger partial charge on any atom is 0.335 e. The van der Waals surface area contributed by atoms with Crippen LogP contribution in [0.4, 0.5) is 0 Å².